The molecule has 0 aliphatic heterocycles. The average Bonchev–Trinajstić information content (AvgIpc) is 2.49. The van der Waals surface area contributed by atoms with Crippen molar-refractivity contribution in [3.8, 4) is 11.5 Å². The molecule has 0 unspecified atom stereocenters. The fourth-order valence-corrected chi connectivity index (χ4v) is 1.70. The average molecular weight is 331 g/mol. The van der Waals surface area contributed by atoms with Crippen LogP contribution in [0.3, 0.4) is 0 Å². The molecule has 0 aliphatic rings. The van der Waals surface area contributed by atoms with Crippen LogP contribution >= 0.6 is 12.4 Å². The number of nitrogens with one attached hydrogen (secondary N) is 2. The molecule has 1 aromatic rings. The normalized spacial score (nSPS) is 9.77. The number of hydrogen-bond donors (Lipinski definition) is 2. The molecule has 1 rings (SSSR count). The molecule has 1 amide bonds. The first-order valence-electron chi connectivity index (χ1n) is 7.55. The van der Waals surface area contributed by atoms with Crippen LogP contribution in [-0.4, -0.2) is 32.7 Å². The Bertz CT molecular complexity index is 441. The van der Waals surface area contributed by atoms with Gasteiger partial charge in [-0.1, -0.05) is 13.8 Å². The van der Waals surface area contributed by atoms with Gasteiger partial charge in [0.05, 0.1) is 13.2 Å². The number of carbonyl (C=O) groups excluding carboxylic acids is 1. The first-order chi connectivity index (χ1) is 10.2. The van der Waals surface area contributed by atoms with Crippen LogP contribution in [0.4, 0.5) is 5.69 Å². The molecule has 1 aromatic carbocycles. The van der Waals surface area contributed by atoms with Gasteiger partial charge in [-0.05, 0) is 32.0 Å². The number of amides is 1. The summed E-state index contributed by atoms with van der Waals surface area (Å²) in [7, 11) is 1.82. The van der Waals surface area contributed by atoms with E-state index in [1.807, 2.05) is 25.2 Å². The fraction of sp³-hybridized carbons (Fsp3) is 0.562. The van der Waals surface area contributed by atoms with Crippen LogP contribution in [-0.2, 0) is 4.79 Å². The number of anilines is 1. The minimum Gasteiger partial charge on any atom is -0.490 e. The maximum absolute atomic E-state index is 11.7. The number of halogens is 1. The lowest BCUT2D eigenvalue weighted by Crippen LogP contribution is -2.18. The standard InChI is InChI=1S/C16H26N2O3.ClH/c1-4-10-20-14-7-6-13(12-15(14)21-11-5-2)18-16(19)8-9-17-3;/h6-7,12,17H,4-5,8-11H2,1-3H3,(H,18,19);1H. The summed E-state index contributed by atoms with van der Waals surface area (Å²) in [5.74, 6) is 1.38. The van der Waals surface area contributed by atoms with Gasteiger partial charge in [0.15, 0.2) is 11.5 Å². The lowest BCUT2D eigenvalue weighted by molar-refractivity contribution is -0.116. The Labute approximate surface area is 139 Å². The molecule has 0 fully saturated rings. The summed E-state index contributed by atoms with van der Waals surface area (Å²) >= 11 is 0. The maximum Gasteiger partial charge on any atom is 0.225 e. The summed E-state index contributed by atoms with van der Waals surface area (Å²) in [6.45, 7) is 6.04. The summed E-state index contributed by atoms with van der Waals surface area (Å²) in [6, 6.07) is 5.49. The second-order valence-electron chi connectivity index (χ2n) is 4.76. The number of rotatable bonds is 10. The van der Waals surface area contributed by atoms with Crippen LogP contribution in [0.5, 0.6) is 11.5 Å². The summed E-state index contributed by atoms with van der Waals surface area (Å²) in [5.41, 5.74) is 0.728. The molecule has 0 saturated heterocycles. The van der Waals surface area contributed by atoms with Gasteiger partial charge in [0.2, 0.25) is 5.91 Å². The smallest absolute Gasteiger partial charge is 0.225 e. The van der Waals surface area contributed by atoms with Gasteiger partial charge in [0.25, 0.3) is 0 Å². The van der Waals surface area contributed by atoms with E-state index < -0.39 is 0 Å². The third-order valence-corrected chi connectivity index (χ3v) is 2.75. The predicted octanol–water partition coefficient (Wildman–Crippen LogP) is 3.23. The van der Waals surface area contributed by atoms with Gasteiger partial charge in [0, 0.05) is 24.7 Å². The largest absolute Gasteiger partial charge is 0.490 e. The van der Waals surface area contributed by atoms with Gasteiger partial charge >= 0.3 is 0 Å². The quantitative estimate of drug-likeness (QED) is 0.691. The van der Waals surface area contributed by atoms with Crippen molar-refractivity contribution < 1.29 is 14.3 Å². The molecule has 0 aliphatic carbocycles. The van der Waals surface area contributed by atoms with Crippen LogP contribution < -0.4 is 20.1 Å². The van der Waals surface area contributed by atoms with Crippen LogP contribution in [0.25, 0.3) is 0 Å². The first-order valence-corrected chi connectivity index (χ1v) is 7.55. The van der Waals surface area contributed by atoms with Crippen LogP contribution in [0, 0.1) is 0 Å². The van der Waals surface area contributed by atoms with E-state index in [0.29, 0.717) is 31.9 Å². The zero-order chi connectivity index (χ0) is 15.5. The zero-order valence-electron chi connectivity index (χ0n) is 13.6. The Morgan fingerprint density at radius 3 is 2.32 bits per heavy atom. The van der Waals surface area contributed by atoms with Crippen molar-refractivity contribution in [2.24, 2.45) is 0 Å². The third kappa shape index (κ3) is 7.52. The lowest BCUT2D eigenvalue weighted by Gasteiger charge is -2.14. The molecule has 0 spiro atoms. The molecule has 2 N–H and O–H groups in total. The predicted molar refractivity (Wildman–Crippen MR) is 92.4 cm³/mol. The van der Waals surface area contributed by atoms with Gasteiger partial charge < -0.3 is 20.1 Å². The second kappa shape index (κ2) is 12.1. The highest BCUT2D eigenvalue weighted by Gasteiger charge is 2.08. The summed E-state index contributed by atoms with van der Waals surface area (Å²) in [4.78, 5) is 11.7. The molecule has 0 radical (unpaired) electrons. The van der Waals surface area contributed by atoms with Crippen molar-refractivity contribution in [2.45, 2.75) is 33.1 Å². The Balaban J connectivity index is 0.00000441. The van der Waals surface area contributed by atoms with Gasteiger partial charge in [-0.25, -0.2) is 0 Å². The monoisotopic (exact) mass is 330 g/mol. The summed E-state index contributed by atoms with van der Waals surface area (Å²) in [5, 5.41) is 5.81. The topological polar surface area (TPSA) is 59.6 Å². The maximum atomic E-state index is 11.7. The highest BCUT2D eigenvalue weighted by molar-refractivity contribution is 5.91. The van der Waals surface area contributed by atoms with E-state index in [-0.39, 0.29) is 18.3 Å². The van der Waals surface area contributed by atoms with Crippen LogP contribution in [0.1, 0.15) is 33.1 Å². The van der Waals surface area contributed by atoms with E-state index in [4.69, 9.17) is 9.47 Å². The zero-order valence-corrected chi connectivity index (χ0v) is 14.4. The Morgan fingerprint density at radius 1 is 1.09 bits per heavy atom. The number of hydrogen-bond acceptors (Lipinski definition) is 4. The van der Waals surface area contributed by atoms with Crippen molar-refractivity contribution in [1.29, 1.82) is 0 Å². The molecular formula is C16H27ClN2O3. The van der Waals surface area contributed by atoms with Crippen molar-refractivity contribution in [2.75, 3.05) is 32.1 Å². The summed E-state index contributed by atoms with van der Waals surface area (Å²) in [6.07, 6.45) is 2.30. The third-order valence-electron chi connectivity index (χ3n) is 2.75. The lowest BCUT2D eigenvalue weighted by atomic mass is 10.2. The van der Waals surface area contributed by atoms with Crippen molar-refractivity contribution >= 4 is 24.0 Å². The van der Waals surface area contributed by atoms with Crippen LogP contribution in [0.15, 0.2) is 18.2 Å². The first kappa shape index (κ1) is 20.5. The summed E-state index contributed by atoms with van der Waals surface area (Å²) < 4.78 is 11.4. The van der Waals surface area contributed by atoms with Gasteiger partial charge in [-0.15, -0.1) is 12.4 Å². The molecule has 6 heteroatoms. The van der Waals surface area contributed by atoms with E-state index in [9.17, 15) is 4.79 Å². The van der Waals surface area contributed by atoms with Crippen molar-refractivity contribution in [3.63, 3.8) is 0 Å². The molecule has 0 heterocycles. The Morgan fingerprint density at radius 2 is 1.73 bits per heavy atom. The fourth-order valence-electron chi connectivity index (χ4n) is 1.70. The molecule has 5 nitrogen and oxygen atoms in total. The highest BCUT2D eigenvalue weighted by atomic mass is 35.5. The minimum atomic E-state index is -0.0204. The number of ether oxygens (including phenoxy) is 2. The van der Waals surface area contributed by atoms with Crippen molar-refractivity contribution in [1.82, 2.24) is 5.32 Å². The molecule has 0 atom stereocenters. The van der Waals surface area contributed by atoms with Gasteiger partial charge in [-0.2, -0.15) is 0 Å². The minimum absolute atomic E-state index is 0. The number of carbonyl (C=O) groups is 1. The number of benzene rings is 1. The van der Waals surface area contributed by atoms with Crippen LogP contribution in [0.2, 0.25) is 0 Å². The molecule has 22 heavy (non-hydrogen) atoms. The Kier molecular flexibility index (Phi) is 11.3. The molecular weight excluding hydrogens is 304 g/mol. The van der Waals surface area contributed by atoms with Crippen molar-refractivity contribution in [3.05, 3.63) is 18.2 Å². The van der Waals surface area contributed by atoms with Gasteiger partial charge in [-0.3, -0.25) is 4.79 Å². The van der Waals surface area contributed by atoms with E-state index >= 15 is 0 Å². The molecule has 0 aromatic heterocycles. The van der Waals surface area contributed by atoms with E-state index in [0.717, 1.165) is 24.3 Å². The van der Waals surface area contributed by atoms with Gasteiger partial charge in [0.1, 0.15) is 0 Å². The highest BCUT2D eigenvalue weighted by Crippen LogP contribution is 2.31. The van der Waals surface area contributed by atoms with E-state index in [1.54, 1.807) is 0 Å². The molecule has 0 saturated carbocycles. The molecule has 0 bridgehead atoms. The van der Waals surface area contributed by atoms with E-state index in [1.165, 1.54) is 0 Å². The van der Waals surface area contributed by atoms with E-state index in [2.05, 4.69) is 24.5 Å². The molecule has 126 valence electrons. The SMILES string of the molecule is CCCOc1ccc(NC(=O)CCNC)cc1OCCC.Cl. The second-order valence-corrected chi connectivity index (χ2v) is 4.76. The Hall–Kier alpha value is -1.46.